The minimum Gasteiger partial charge on any atom is -0.469 e. The van der Waals surface area contributed by atoms with Gasteiger partial charge in [-0.2, -0.15) is 0 Å². The van der Waals surface area contributed by atoms with Crippen LogP contribution in [0.4, 0.5) is 11.4 Å². The maximum Gasteiger partial charge on any atom is 0.308 e. The molecule has 2 rings (SSSR count). The van der Waals surface area contributed by atoms with E-state index in [0.717, 1.165) is 42.7 Å². The Hall–Kier alpha value is -1.91. The average molecular weight is 291 g/mol. The molecule has 0 aliphatic heterocycles. The number of esters is 1. The molecule has 1 saturated carbocycles. The number of para-hydroxylation sites is 2. The average Bonchev–Trinajstić information content (AvgIpc) is 2.52. The molecule has 5 nitrogen and oxygen atoms in total. The predicted octanol–water partition coefficient (Wildman–Crippen LogP) is 3.12. The lowest BCUT2D eigenvalue weighted by molar-refractivity contribution is -0.427. The summed E-state index contributed by atoms with van der Waals surface area (Å²) in [5, 5.41) is 3.36. The summed E-state index contributed by atoms with van der Waals surface area (Å²) in [5.74, 6) is 0.516. The van der Waals surface area contributed by atoms with Crippen molar-refractivity contribution in [1.82, 2.24) is 0 Å². The fourth-order valence-electron chi connectivity index (χ4n) is 2.92. The Balaban J connectivity index is 1.85. The van der Waals surface area contributed by atoms with Crippen molar-refractivity contribution >= 4 is 17.3 Å². The highest BCUT2D eigenvalue weighted by Gasteiger charge is 2.27. The maximum atomic E-state index is 11.5. The van der Waals surface area contributed by atoms with Crippen LogP contribution in [0.25, 0.3) is 0 Å². The van der Waals surface area contributed by atoms with Crippen LogP contribution < -0.4 is 5.32 Å². The minimum atomic E-state index is -0.0836. The number of ether oxygens (including phenoxy) is 1. The van der Waals surface area contributed by atoms with Gasteiger partial charge in [-0.1, -0.05) is 12.1 Å². The smallest absolute Gasteiger partial charge is 0.308 e. The van der Waals surface area contributed by atoms with Crippen molar-refractivity contribution < 1.29 is 14.3 Å². The van der Waals surface area contributed by atoms with Crippen LogP contribution in [-0.4, -0.2) is 31.4 Å². The zero-order valence-corrected chi connectivity index (χ0v) is 12.7. The molecular formula is C16H23N2O3+. The maximum absolute atomic E-state index is 11.5. The Morgan fingerprint density at radius 2 is 1.95 bits per heavy atom. The van der Waals surface area contributed by atoms with Gasteiger partial charge < -0.3 is 10.1 Å². The van der Waals surface area contributed by atoms with Crippen molar-refractivity contribution in [3.8, 4) is 0 Å². The number of anilines is 1. The van der Waals surface area contributed by atoms with E-state index < -0.39 is 0 Å². The number of benzene rings is 1. The largest absolute Gasteiger partial charge is 0.469 e. The third kappa shape index (κ3) is 4.03. The highest BCUT2D eigenvalue weighted by atomic mass is 16.5. The summed E-state index contributed by atoms with van der Waals surface area (Å²) in [6, 6.07) is 7.51. The molecule has 5 heteroatoms. The van der Waals surface area contributed by atoms with E-state index in [2.05, 4.69) is 5.32 Å². The van der Waals surface area contributed by atoms with Gasteiger partial charge in [0.1, 0.15) is 5.69 Å². The highest BCUT2D eigenvalue weighted by molar-refractivity contribution is 5.72. The molecule has 0 bridgehead atoms. The topological polar surface area (TPSA) is 58.4 Å². The summed E-state index contributed by atoms with van der Waals surface area (Å²) in [6.07, 6.45) is 3.81. The standard InChI is InChI=1S/C16H23N2O3/c1-18(20)15-6-4-3-5-14(15)17-11-12-7-9-13(10-8-12)16(19)21-2/h3-6,12-13,17H,7-11H2,1-2H3/q+1. The van der Waals surface area contributed by atoms with Gasteiger partial charge in [-0.15, -0.1) is 0 Å². The summed E-state index contributed by atoms with van der Waals surface area (Å²) in [6.45, 7) is 0.832. The van der Waals surface area contributed by atoms with Gasteiger partial charge in [0.15, 0.2) is 7.05 Å². The molecular weight excluding hydrogens is 268 g/mol. The number of methoxy groups -OCH3 is 1. The van der Waals surface area contributed by atoms with Crippen LogP contribution in [-0.2, 0) is 9.53 Å². The Kier molecular flexibility index (Phi) is 5.31. The molecule has 0 unspecified atom stereocenters. The molecule has 0 amide bonds. The van der Waals surface area contributed by atoms with Crippen LogP contribution in [0, 0.1) is 16.7 Å². The van der Waals surface area contributed by atoms with E-state index in [4.69, 9.17) is 4.74 Å². The van der Waals surface area contributed by atoms with Crippen molar-refractivity contribution in [2.45, 2.75) is 25.7 Å². The second-order valence-electron chi connectivity index (χ2n) is 5.64. The van der Waals surface area contributed by atoms with Gasteiger partial charge in [-0.05, 0) is 37.7 Å². The fourth-order valence-corrected chi connectivity index (χ4v) is 2.92. The lowest BCUT2D eigenvalue weighted by Crippen LogP contribution is -2.26. The van der Waals surface area contributed by atoms with E-state index in [-0.39, 0.29) is 11.9 Å². The van der Waals surface area contributed by atoms with Crippen LogP contribution in [0.1, 0.15) is 25.7 Å². The Bertz CT molecular complexity index is 508. The first-order valence-electron chi connectivity index (χ1n) is 7.43. The second kappa shape index (κ2) is 7.20. The van der Waals surface area contributed by atoms with E-state index in [9.17, 15) is 9.70 Å². The fraction of sp³-hybridized carbons (Fsp3) is 0.562. The minimum absolute atomic E-state index is 0.0614. The predicted molar refractivity (Wildman–Crippen MR) is 81.6 cm³/mol. The first-order chi connectivity index (χ1) is 10.1. The van der Waals surface area contributed by atoms with Crippen molar-refractivity contribution in [3.63, 3.8) is 0 Å². The Labute approximate surface area is 125 Å². The third-order valence-corrected chi connectivity index (χ3v) is 4.21. The quantitative estimate of drug-likeness (QED) is 0.669. The van der Waals surface area contributed by atoms with E-state index in [1.54, 1.807) is 0 Å². The SMILES string of the molecule is COC(=O)C1CCC(CNc2ccccc2[N+](C)=O)CC1. The Morgan fingerprint density at radius 3 is 2.57 bits per heavy atom. The second-order valence-corrected chi connectivity index (χ2v) is 5.64. The van der Waals surface area contributed by atoms with E-state index >= 15 is 0 Å². The number of nitroso groups, excluding NO2 is 1. The zero-order valence-electron chi connectivity index (χ0n) is 12.7. The van der Waals surface area contributed by atoms with Crippen LogP contribution in [0.3, 0.4) is 0 Å². The molecule has 0 saturated heterocycles. The number of hydrogen-bond acceptors (Lipinski definition) is 4. The molecule has 1 aromatic rings. The summed E-state index contributed by atoms with van der Waals surface area (Å²) in [5.41, 5.74) is 1.52. The number of rotatable bonds is 5. The normalized spacial score (nSPS) is 21.6. The molecule has 0 spiro atoms. The summed E-state index contributed by atoms with van der Waals surface area (Å²) in [7, 11) is 2.95. The lowest BCUT2D eigenvalue weighted by Gasteiger charge is -2.27. The van der Waals surface area contributed by atoms with Gasteiger partial charge in [0.05, 0.1) is 13.0 Å². The number of nitrogens with one attached hydrogen (secondary N) is 1. The third-order valence-electron chi connectivity index (χ3n) is 4.21. The van der Waals surface area contributed by atoms with Crippen molar-refractivity contribution in [1.29, 1.82) is 0 Å². The number of carbonyl (C=O) groups is 1. The molecule has 1 aliphatic rings. The van der Waals surface area contributed by atoms with Crippen LogP contribution in [0.2, 0.25) is 0 Å². The monoisotopic (exact) mass is 291 g/mol. The molecule has 21 heavy (non-hydrogen) atoms. The molecule has 0 radical (unpaired) electrons. The van der Waals surface area contributed by atoms with E-state index in [1.807, 2.05) is 24.3 Å². The Morgan fingerprint density at radius 1 is 1.29 bits per heavy atom. The zero-order chi connectivity index (χ0) is 15.2. The molecule has 1 N–H and O–H groups in total. The molecule has 1 fully saturated rings. The van der Waals surface area contributed by atoms with Crippen LogP contribution in [0.15, 0.2) is 24.3 Å². The van der Waals surface area contributed by atoms with Crippen molar-refractivity contribution in [2.24, 2.45) is 11.8 Å². The van der Waals surface area contributed by atoms with Gasteiger partial charge in [0.25, 0.3) is 5.69 Å². The summed E-state index contributed by atoms with van der Waals surface area (Å²) in [4.78, 5) is 23.0. The summed E-state index contributed by atoms with van der Waals surface area (Å²) < 4.78 is 5.67. The van der Waals surface area contributed by atoms with Gasteiger partial charge in [-0.25, -0.2) is 0 Å². The highest BCUT2D eigenvalue weighted by Crippen LogP contribution is 2.30. The first kappa shape index (κ1) is 15.5. The molecule has 0 aromatic heterocycles. The molecule has 0 atom stereocenters. The van der Waals surface area contributed by atoms with Gasteiger partial charge in [0, 0.05) is 22.3 Å². The molecule has 0 heterocycles. The van der Waals surface area contributed by atoms with E-state index in [0.29, 0.717) is 11.6 Å². The number of hydrogen-bond donors (Lipinski definition) is 1. The van der Waals surface area contributed by atoms with Crippen LogP contribution >= 0.6 is 0 Å². The first-order valence-corrected chi connectivity index (χ1v) is 7.43. The van der Waals surface area contributed by atoms with Gasteiger partial charge >= 0.3 is 5.97 Å². The van der Waals surface area contributed by atoms with Crippen LogP contribution in [0.5, 0.6) is 0 Å². The van der Waals surface area contributed by atoms with Crippen molar-refractivity contribution in [3.05, 3.63) is 29.2 Å². The van der Waals surface area contributed by atoms with Gasteiger partial charge in [-0.3, -0.25) is 4.79 Å². The number of carbonyl (C=O) groups excluding carboxylic acids is 1. The molecule has 1 aliphatic carbocycles. The van der Waals surface area contributed by atoms with E-state index in [1.165, 1.54) is 14.2 Å². The molecule has 114 valence electrons. The lowest BCUT2D eigenvalue weighted by atomic mass is 9.82. The van der Waals surface area contributed by atoms with Gasteiger partial charge in [0.2, 0.25) is 0 Å². The molecule has 1 aromatic carbocycles. The summed E-state index contributed by atoms with van der Waals surface area (Å²) >= 11 is 0. The van der Waals surface area contributed by atoms with Crippen molar-refractivity contribution in [2.75, 3.05) is 26.0 Å². The number of nitrogens with zero attached hydrogens (tertiary/aromatic N) is 1.